The minimum atomic E-state index is -3.43. The highest BCUT2D eigenvalue weighted by Gasteiger charge is 2.21. The lowest BCUT2D eigenvalue weighted by atomic mass is 10.1. The number of nitrogens with one attached hydrogen (secondary N) is 1. The standard InChI is InChI=1S/C23H22N6O2S/c1-15-12-19-23(25-15)20(14-17(26-19)13-16-8-7-11-22(24-2)27-16)28-18-9-5-6-10-21(18)29(3)32(4,30)31/h5-11,14H,12-13H2,1,3-4H3,(H,26,28). The average molecular weight is 447 g/mol. The Morgan fingerprint density at radius 2 is 1.88 bits per heavy atom. The third kappa shape index (κ3) is 4.45. The summed E-state index contributed by atoms with van der Waals surface area (Å²) in [6.45, 7) is 9.13. The van der Waals surface area contributed by atoms with Crippen LogP contribution >= 0.6 is 0 Å². The van der Waals surface area contributed by atoms with Crippen LogP contribution in [0.1, 0.15) is 24.0 Å². The lowest BCUT2D eigenvalue weighted by Crippen LogP contribution is -2.25. The van der Waals surface area contributed by atoms with Crippen molar-refractivity contribution >= 4 is 44.3 Å². The molecule has 3 heterocycles. The Labute approximate surface area is 187 Å². The molecule has 32 heavy (non-hydrogen) atoms. The van der Waals surface area contributed by atoms with Crippen molar-refractivity contribution < 1.29 is 8.42 Å². The molecular weight excluding hydrogens is 424 g/mol. The van der Waals surface area contributed by atoms with Crippen molar-refractivity contribution in [2.45, 2.75) is 19.8 Å². The van der Waals surface area contributed by atoms with Crippen molar-refractivity contribution in [1.82, 2.24) is 9.97 Å². The Hall–Kier alpha value is -3.77. The second kappa shape index (κ2) is 8.40. The summed E-state index contributed by atoms with van der Waals surface area (Å²) in [5.74, 6) is 0.346. The molecule has 0 spiro atoms. The van der Waals surface area contributed by atoms with Gasteiger partial charge in [0.15, 0.2) is 0 Å². The fourth-order valence-electron chi connectivity index (χ4n) is 3.55. The highest BCUT2D eigenvalue weighted by atomic mass is 32.2. The van der Waals surface area contributed by atoms with Gasteiger partial charge in [0.25, 0.3) is 5.82 Å². The quantitative estimate of drug-likeness (QED) is 0.567. The number of fused-ring (bicyclic) bond motifs is 1. The van der Waals surface area contributed by atoms with E-state index in [4.69, 9.17) is 11.6 Å². The van der Waals surface area contributed by atoms with Crippen LogP contribution in [0.25, 0.3) is 4.85 Å². The largest absolute Gasteiger partial charge is 0.361 e. The van der Waals surface area contributed by atoms with Gasteiger partial charge in [-0.25, -0.2) is 8.42 Å². The first-order valence-electron chi connectivity index (χ1n) is 9.95. The Kier molecular flexibility index (Phi) is 5.63. The fourth-order valence-corrected chi connectivity index (χ4v) is 4.06. The summed E-state index contributed by atoms with van der Waals surface area (Å²) < 4.78 is 25.5. The van der Waals surface area contributed by atoms with Crippen molar-refractivity contribution in [3.63, 3.8) is 0 Å². The van der Waals surface area contributed by atoms with E-state index in [-0.39, 0.29) is 0 Å². The van der Waals surface area contributed by atoms with Crippen LogP contribution in [0, 0.1) is 6.57 Å². The number of para-hydroxylation sites is 2. The molecule has 0 radical (unpaired) electrons. The van der Waals surface area contributed by atoms with Gasteiger partial charge in [-0.1, -0.05) is 24.8 Å². The molecule has 0 saturated heterocycles. The van der Waals surface area contributed by atoms with E-state index < -0.39 is 10.0 Å². The molecule has 0 fully saturated rings. The van der Waals surface area contributed by atoms with Gasteiger partial charge in [-0.05, 0) is 37.3 Å². The predicted octanol–water partition coefficient (Wildman–Crippen LogP) is 4.41. The molecule has 0 amide bonds. The van der Waals surface area contributed by atoms with Crippen molar-refractivity contribution in [1.29, 1.82) is 0 Å². The Balaban J connectivity index is 1.74. The maximum atomic E-state index is 12.1. The SMILES string of the molecule is [C-]#[N+]c1cccc(Cc2cc(Nc3ccccc3N(C)S(C)(=O)=O)c3c(n2)CC(C)=N3)n1. The molecule has 4 rings (SSSR count). The molecule has 1 aliphatic rings. The molecule has 8 nitrogen and oxygen atoms in total. The van der Waals surface area contributed by atoms with Gasteiger partial charge in [0.05, 0.1) is 41.1 Å². The number of benzene rings is 1. The van der Waals surface area contributed by atoms with E-state index in [2.05, 4.69) is 20.1 Å². The number of rotatable bonds is 6. The van der Waals surface area contributed by atoms with Gasteiger partial charge in [-0.2, -0.15) is 0 Å². The van der Waals surface area contributed by atoms with Crippen molar-refractivity contribution in [3.8, 4) is 0 Å². The zero-order chi connectivity index (χ0) is 22.9. The molecule has 1 N–H and O–H groups in total. The van der Waals surface area contributed by atoms with Crippen LogP contribution in [-0.2, 0) is 22.9 Å². The molecule has 162 valence electrons. The Morgan fingerprint density at radius 1 is 1.09 bits per heavy atom. The van der Waals surface area contributed by atoms with Crippen LogP contribution in [0.3, 0.4) is 0 Å². The molecule has 1 aromatic carbocycles. The van der Waals surface area contributed by atoms with Gasteiger partial charge >= 0.3 is 0 Å². The molecule has 1 aliphatic heterocycles. The molecule has 9 heteroatoms. The minimum absolute atomic E-state index is 0.346. The Bertz CT molecular complexity index is 1380. The van der Waals surface area contributed by atoms with Crippen LogP contribution in [-0.4, -0.2) is 37.4 Å². The maximum absolute atomic E-state index is 12.1. The van der Waals surface area contributed by atoms with Crippen LogP contribution < -0.4 is 9.62 Å². The summed E-state index contributed by atoms with van der Waals surface area (Å²) in [6, 6.07) is 14.5. The highest BCUT2D eigenvalue weighted by Crippen LogP contribution is 2.38. The van der Waals surface area contributed by atoms with E-state index in [0.717, 1.165) is 34.2 Å². The number of hydrogen-bond acceptors (Lipinski definition) is 6. The molecule has 0 saturated carbocycles. The van der Waals surface area contributed by atoms with Crippen molar-refractivity contribution in [2.24, 2.45) is 4.99 Å². The summed E-state index contributed by atoms with van der Waals surface area (Å²) in [5, 5.41) is 3.37. The smallest absolute Gasteiger partial charge is 0.269 e. The van der Waals surface area contributed by atoms with Crippen molar-refractivity contribution in [3.05, 3.63) is 77.0 Å². The normalized spacial score (nSPS) is 12.6. The van der Waals surface area contributed by atoms with Crippen LogP contribution in [0.2, 0.25) is 0 Å². The van der Waals surface area contributed by atoms with Crippen LogP contribution in [0.5, 0.6) is 0 Å². The maximum Gasteiger partial charge on any atom is 0.269 e. The van der Waals surface area contributed by atoms with Gasteiger partial charge in [0, 0.05) is 19.2 Å². The fraction of sp³-hybridized carbons (Fsp3) is 0.217. The zero-order valence-electron chi connectivity index (χ0n) is 18.0. The summed E-state index contributed by atoms with van der Waals surface area (Å²) in [4.78, 5) is 17.2. The molecule has 0 bridgehead atoms. The van der Waals surface area contributed by atoms with E-state index in [1.165, 1.54) is 17.6 Å². The summed E-state index contributed by atoms with van der Waals surface area (Å²) in [7, 11) is -1.90. The van der Waals surface area contributed by atoms with E-state index in [9.17, 15) is 8.42 Å². The second-order valence-corrected chi connectivity index (χ2v) is 9.64. The number of nitrogens with zero attached hydrogens (tertiary/aromatic N) is 5. The number of sulfonamides is 1. The van der Waals surface area contributed by atoms with E-state index >= 15 is 0 Å². The zero-order valence-corrected chi connectivity index (χ0v) is 18.8. The highest BCUT2D eigenvalue weighted by molar-refractivity contribution is 7.92. The molecule has 0 unspecified atom stereocenters. The third-order valence-electron chi connectivity index (χ3n) is 5.12. The van der Waals surface area contributed by atoms with E-state index in [0.29, 0.717) is 30.0 Å². The van der Waals surface area contributed by atoms with Gasteiger partial charge in [0.2, 0.25) is 10.0 Å². The lowest BCUT2D eigenvalue weighted by molar-refractivity contribution is 0.600. The average Bonchev–Trinajstić information content (AvgIpc) is 3.13. The predicted molar refractivity (Wildman–Crippen MR) is 127 cm³/mol. The lowest BCUT2D eigenvalue weighted by Gasteiger charge is -2.21. The molecule has 2 aromatic heterocycles. The Morgan fingerprint density at radius 3 is 2.62 bits per heavy atom. The first-order chi connectivity index (χ1) is 15.2. The van der Waals surface area contributed by atoms with E-state index in [1.807, 2.05) is 37.3 Å². The topological polar surface area (TPSA) is 91.9 Å². The number of aromatic nitrogens is 2. The monoisotopic (exact) mass is 446 g/mol. The first-order valence-corrected chi connectivity index (χ1v) is 11.8. The first kappa shape index (κ1) is 21.5. The summed E-state index contributed by atoms with van der Waals surface area (Å²) >= 11 is 0. The third-order valence-corrected chi connectivity index (χ3v) is 6.31. The number of hydrogen-bond donors (Lipinski definition) is 1. The van der Waals surface area contributed by atoms with E-state index in [1.54, 1.807) is 18.2 Å². The molecule has 3 aromatic rings. The number of aliphatic imine (C=N–C) groups is 1. The number of anilines is 3. The van der Waals surface area contributed by atoms with Gasteiger partial charge in [-0.15, -0.1) is 4.98 Å². The van der Waals surface area contributed by atoms with Crippen LogP contribution in [0.4, 0.5) is 28.6 Å². The molecular formula is C23H22N6O2S. The minimum Gasteiger partial charge on any atom is -0.361 e. The van der Waals surface area contributed by atoms with Gasteiger partial charge < -0.3 is 10.2 Å². The van der Waals surface area contributed by atoms with Gasteiger partial charge in [0.1, 0.15) is 11.4 Å². The van der Waals surface area contributed by atoms with Gasteiger partial charge in [-0.3, -0.25) is 14.3 Å². The molecule has 0 aliphatic carbocycles. The second-order valence-electron chi connectivity index (χ2n) is 7.63. The summed E-state index contributed by atoms with van der Waals surface area (Å²) in [6.07, 6.45) is 2.29. The van der Waals surface area contributed by atoms with Crippen LogP contribution in [0.15, 0.2) is 53.5 Å². The summed E-state index contributed by atoms with van der Waals surface area (Å²) in [5.41, 5.74) is 6.05. The molecule has 0 atom stereocenters. The van der Waals surface area contributed by atoms with Crippen molar-refractivity contribution in [2.75, 3.05) is 22.9 Å². The number of pyridine rings is 2.